The summed E-state index contributed by atoms with van der Waals surface area (Å²) in [5.74, 6) is 0. The third-order valence-corrected chi connectivity index (χ3v) is 6.23. The molecule has 0 unspecified atom stereocenters. The number of aromatic nitrogens is 2. The minimum Gasteiger partial charge on any atom is -0.324 e. The molecule has 2 aliphatic rings. The maximum atomic E-state index is 13.3. The quantitative estimate of drug-likeness (QED) is 0.800. The normalized spacial score (nSPS) is 18.9. The number of pyridine rings is 2. The smallest absolute Gasteiger partial charge is 0.324 e. The van der Waals surface area contributed by atoms with Crippen molar-refractivity contribution in [2.45, 2.75) is 51.6 Å². The summed E-state index contributed by atoms with van der Waals surface area (Å²) in [5, 5.41) is 0. The lowest BCUT2D eigenvalue weighted by atomic mass is 9.91. The average Bonchev–Trinajstić information content (AvgIpc) is 2.98. The first-order chi connectivity index (χ1) is 13.8. The van der Waals surface area contributed by atoms with Gasteiger partial charge in [0.05, 0.1) is 17.1 Å². The van der Waals surface area contributed by atoms with Crippen molar-refractivity contribution in [2.24, 2.45) is 0 Å². The largest absolute Gasteiger partial charge is 0.324 e. The van der Waals surface area contributed by atoms with Gasteiger partial charge in [-0.2, -0.15) is 0 Å². The molecule has 1 fully saturated rings. The molecule has 0 spiro atoms. The number of carbonyl (C=O) groups is 1. The van der Waals surface area contributed by atoms with Crippen LogP contribution in [0.4, 0.5) is 10.5 Å². The molecule has 0 atom stereocenters. The van der Waals surface area contributed by atoms with E-state index in [1.165, 1.54) is 0 Å². The molecule has 0 aliphatic carbocycles. The topological polar surface area (TPSA) is 52.6 Å². The van der Waals surface area contributed by atoms with Gasteiger partial charge < -0.3 is 4.90 Å². The third-order valence-electron chi connectivity index (χ3n) is 6.23. The molecule has 2 aromatic heterocycles. The van der Waals surface area contributed by atoms with Gasteiger partial charge in [0.2, 0.25) is 0 Å². The zero-order chi connectivity index (χ0) is 20.6. The van der Waals surface area contributed by atoms with E-state index in [4.69, 9.17) is 4.98 Å². The molecule has 0 bridgehead atoms. The van der Waals surface area contributed by atoms with Gasteiger partial charge >= 0.3 is 6.03 Å². The summed E-state index contributed by atoms with van der Waals surface area (Å²) in [7, 11) is 2.16. The van der Waals surface area contributed by atoms with Crippen molar-refractivity contribution in [2.75, 3.05) is 31.6 Å². The van der Waals surface area contributed by atoms with Crippen LogP contribution in [-0.2, 0) is 12.0 Å². The number of rotatable bonds is 3. The Balaban J connectivity index is 1.39. The summed E-state index contributed by atoms with van der Waals surface area (Å²) < 4.78 is 0. The van der Waals surface area contributed by atoms with E-state index in [0.717, 1.165) is 55.2 Å². The van der Waals surface area contributed by atoms with Gasteiger partial charge in [0.1, 0.15) is 0 Å². The van der Waals surface area contributed by atoms with Crippen LogP contribution < -0.4 is 4.90 Å². The summed E-state index contributed by atoms with van der Waals surface area (Å²) in [4.78, 5) is 28.8. The summed E-state index contributed by atoms with van der Waals surface area (Å²) in [5.41, 5.74) is 3.99. The number of amides is 2. The Labute approximate surface area is 173 Å². The Bertz CT molecular complexity index is 874. The molecular weight excluding hydrogens is 362 g/mol. The Morgan fingerprint density at radius 1 is 1.21 bits per heavy atom. The first kappa shape index (κ1) is 19.8. The second-order valence-electron chi connectivity index (χ2n) is 9.03. The monoisotopic (exact) mass is 393 g/mol. The van der Waals surface area contributed by atoms with Gasteiger partial charge in [-0.3, -0.25) is 19.8 Å². The number of nitrogens with zero attached hydrogens (tertiary/aromatic N) is 5. The first-order valence-electron chi connectivity index (χ1n) is 10.5. The molecule has 2 amide bonds. The fraction of sp³-hybridized carbons (Fsp3) is 0.522. The average molecular weight is 394 g/mol. The van der Waals surface area contributed by atoms with Crippen LogP contribution in [0.1, 0.15) is 43.8 Å². The number of carbonyl (C=O) groups excluding carboxylic acids is 1. The molecule has 0 saturated carbocycles. The standard InChI is InChI=1S/C23H31N5O/c1-17-8-9-20-21(25-17)23(2,3)16-28(20)22(29)27-13-10-19(11-14-27)26(4)15-18-7-5-6-12-24-18/h5-9,12,19H,10-11,13-16H2,1-4H3. The summed E-state index contributed by atoms with van der Waals surface area (Å²) in [6.07, 6.45) is 3.83. The van der Waals surface area contributed by atoms with Crippen molar-refractivity contribution in [3.05, 3.63) is 53.6 Å². The molecule has 2 aliphatic heterocycles. The Morgan fingerprint density at radius 3 is 2.66 bits per heavy atom. The predicted octanol–water partition coefficient (Wildman–Crippen LogP) is 3.60. The molecule has 1 saturated heterocycles. The van der Waals surface area contributed by atoms with Crippen LogP contribution in [0.25, 0.3) is 0 Å². The second-order valence-corrected chi connectivity index (χ2v) is 9.03. The number of likely N-dealkylation sites (tertiary alicyclic amines) is 1. The van der Waals surface area contributed by atoms with Gasteiger partial charge in [-0.1, -0.05) is 19.9 Å². The number of hydrogen-bond acceptors (Lipinski definition) is 4. The fourth-order valence-corrected chi connectivity index (χ4v) is 4.54. The van der Waals surface area contributed by atoms with Crippen molar-refractivity contribution in [3.8, 4) is 0 Å². The Morgan fingerprint density at radius 2 is 1.97 bits per heavy atom. The van der Waals surface area contributed by atoms with Gasteiger partial charge in [0.15, 0.2) is 0 Å². The van der Waals surface area contributed by atoms with E-state index in [2.05, 4.69) is 42.9 Å². The van der Waals surface area contributed by atoms with E-state index < -0.39 is 0 Å². The number of aryl methyl sites for hydroxylation is 1. The molecule has 6 nitrogen and oxygen atoms in total. The highest BCUT2D eigenvalue weighted by molar-refractivity contribution is 5.94. The van der Waals surface area contributed by atoms with E-state index in [1.54, 1.807) is 0 Å². The molecule has 4 rings (SSSR count). The molecular formula is C23H31N5O. The predicted molar refractivity (Wildman–Crippen MR) is 115 cm³/mol. The van der Waals surface area contributed by atoms with Crippen LogP contribution in [0, 0.1) is 6.92 Å². The minimum absolute atomic E-state index is 0.113. The van der Waals surface area contributed by atoms with Crippen molar-refractivity contribution < 1.29 is 4.79 Å². The molecule has 154 valence electrons. The fourth-order valence-electron chi connectivity index (χ4n) is 4.54. The van der Waals surface area contributed by atoms with Crippen molar-refractivity contribution in [1.82, 2.24) is 19.8 Å². The molecule has 2 aromatic rings. The van der Waals surface area contributed by atoms with Crippen molar-refractivity contribution >= 4 is 11.7 Å². The highest BCUT2D eigenvalue weighted by atomic mass is 16.2. The number of piperidine rings is 1. The summed E-state index contributed by atoms with van der Waals surface area (Å²) >= 11 is 0. The maximum absolute atomic E-state index is 13.3. The van der Waals surface area contributed by atoms with Crippen LogP contribution in [0.3, 0.4) is 0 Å². The van der Waals surface area contributed by atoms with Crippen molar-refractivity contribution in [1.29, 1.82) is 0 Å². The number of hydrogen-bond donors (Lipinski definition) is 0. The van der Waals surface area contributed by atoms with E-state index >= 15 is 0 Å². The Kier molecular flexibility index (Phi) is 5.30. The summed E-state index contributed by atoms with van der Waals surface area (Å²) in [6.45, 7) is 9.47. The third kappa shape index (κ3) is 3.99. The highest BCUT2D eigenvalue weighted by Gasteiger charge is 2.41. The zero-order valence-corrected chi connectivity index (χ0v) is 17.9. The maximum Gasteiger partial charge on any atom is 0.324 e. The van der Waals surface area contributed by atoms with E-state index in [1.807, 2.05) is 41.1 Å². The van der Waals surface area contributed by atoms with Crippen LogP contribution in [0.2, 0.25) is 0 Å². The van der Waals surface area contributed by atoms with E-state index in [-0.39, 0.29) is 11.4 Å². The first-order valence-corrected chi connectivity index (χ1v) is 10.5. The van der Waals surface area contributed by atoms with Crippen LogP contribution in [0.5, 0.6) is 0 Å². The zero-order valence-electron chi connectivity index (χ0n) is 17.9. The van der Waals surface area contributed by atoms with Gasteiger partial charge in [0, 0.05) is 49.5 Å². The molecule has 29 heavy (non-hydrogen) atoms. The van der Waals surface area contributed by atoms with Gasteiger partial charge in [-0.25, -0.2) is 4.79 Å². The number of urea groups is 1. The van der Waals surface area contributed by atoms with Crippen molar-refractivity contribution in [3.63, 3.8) is 0 Å². The second kappa shape index (κ2) is 7.75. The summed E-state index contributed by atoms with van der Waals surface area (Å²) in [6, 6.07) is 10.7. The van der Waals surface area contributed by atoms with Gasteiger partial charge in [-0.15, -0.1) is 0 Å². The molecule has 0 N–H and O–H groups in total. The lowest BCUT2D eigenvalue weighted by Crippen LogP contribution is -2.50. The highest BCUT2D eigenvalue weighted by Crippen LogP contribution is 2.39. The van der Waals surface area contributed by atoms with Crippen LogP contribution in [-0.4, -0.2) is 58.5 Å². The molecule has 4 heterocycles. The minimum atomic E-state index is -0.113. The lowest BCUT2D eigenvalue weighted by molar-refractivity contribution is 0.133. The van der Waals surface area contributed by atoms with Gasteiger partial charge in [-0.05, 0) is 51.1 Å². The number of fused-ring (bicyclic) bond motifs is 1. The SMILES string of the molecule is Cc1ccc2c(n1)C(C)(C)CN2C(=O)N1CCC(N(C)Cc2ccccn2)CC1. The van der Waals surface area contributed by atoms with Crippen LogP contribution in [0.15, 0.2) is 36.5 Å². The lowest BCUT2D eigenvalue weighted by Gasteiger charge is -2.38. The Hall–Kier alpha value is -2.47. The molecule has 6 heteroatoms. The van der Waals surface area contributed by atoms with Crippen LogP contribution >= 0.6 is 0 Å². The number of anilines is 1. The molecule has 0 aromatic carbocycles. The van der Waals surface area contributed by atoms with E-state index in [0.29, 0.717) is 12.6 Å². The van der Waals surface area contributed by atoms with Gasteiger partial charge in [0.25, 0.3) is 0 Å². The van der Waals surface area contributed by atoms with E-state index in [9.17, 15) is 4.79 Å². The molecule has 0 radical (unpaired) electrons.